The van der Waals surface area contributed by atoms with Crippen molar-refractivity contribution < 1.29 is 9.47 Å². The average Bonchev–Trinajstić information content (AvgIpc) is 2.78. The van der Waals surface area contributed by atoms with Gasteiger partial charge >= 0.3 is 0 Å². The van der Waals surface area contributed by atoms with Gasteiger partial charge in [0.25, 0.3) is 0 Å². The molecule has 0 aliphatic carbocycles. The van der Waals surface area contributed by atoms with Crippen molar-refractivity contribution in [3.63, 3.8) is 0 Å². The van der Waals surface area contributed by atoms with Gasteiger partial charge in [-0.25, -0.2) is 0 Å². The zero-order valence-electron chi connectivity index (χ0n) is 18.4. The number of anilines is 1. The van der Waals surface area contributed by atoms with Crippen molar-refractivity contribution in [3.05, 3.63) is 54.1 Å². The number of rotatable bonds is 9. The molecule has 8 heteroatoms. The highest BCUT2D eigenvalue weighted by atomic mass is 127. The molecule has 170 valence electrons. The zero-order chi connectivity index (χ0) is 21.2. The van der Waals surface area contributed by atoms with Crippen LogP contribution in [0.3, 0.4) is 0 Å². The molecule has 0 saturated carbocycles. The van der Waals surface area contributed by atoms with E-state index < -0.39 is 0 Å². The number of methoxy groups -OCH3 is 2. The van der Waals surface area contributed by atoms with E-state index in [4.69, 9.17) is 15.2 Å². The lowest BCUT2D eigenvalue weighted by Gasteiger charge is -2.34. The molecule has 0 aromatic heterocycles. The molecule has 7 nitrogen and oxygen atoms in total. The number of halogens is 1. The molecule has 2 aromatic rings. The number of nitrogens with one attached hydrogen (secondary N) is 1. The van der Waals surface area contributed by atoms with Crippen LogP contribution in [-0.4, -0.2) is 69.2 Å². The topological polar surface area (TPSA) is 75.3 Å². The highest BCUT2D eigenvalue weighted by Crippen LogP contribution is 2.28. The van der Waals surface area contributed by atoms with Crippen LogP contribution in [0.4, 0.5) is 5.69 Å². The highest BCUT2D eigenvalue weighted by Gasteiger charge is 2.16. The Bertz CT molecular complexity index is 811. The van der Waals surface area contributed by atoms with Crippen molar-refractivity contribution >= 4 is 35.6 Å². The predicted octanol–water partition coefficient (Wildman–Crippen LogP) is 3.26. The monoisotopic (exact) mass is 539 g/mol. The van der Waals surface area contributed by atoms with Gasteiger partial charge in [0.2, 0.25) is 0 Å². The number of piperazine rings is 1. The summed E-state index contributed by atoms with van der Waals surface area (Å²) in [5.41, 5.74) is 8.18. The lowest BCUT2D eigenvalue weighted by molar-refractivity contribution is 0.127. The van der Waals surface area contributed by atoms with Gasteiger partial charge in [-0.05, 0) is 24.1 Å². The van der Waals surface area contributed by atoms with Crippen molar-refractivity contribution in [2.45, 2.75) is 13.0 Å². The van der Waals surface area contributed by atoms with E-state index in [0.717, 1.165) is 57.1 Å². The Hall–Kier alpha value is -2.04. The number of benzene rings is 2. The third-order valence-electron chi connectivity index (χ3n) is 5.30. The lowest BCUT2D eigenvalue weighted by atomic mass is 10.2. The van der Waals surface area contributed by atoms with Crippen molar-refractivity contribution in [3.8, 4) is 11.5 Å². The second-order valence-electron chi connectivity index (χ2n) is 7.42. The predicted molar refractivity (Wildman–Crippen MR) is 138 cm³/mol. The van der Waals surface area contributed by atoms with Crippen LogP contribution in [0.2, 0.25) is 0 Å². The quantitative estimate of drug-likeness (QED) is 0.221. The Kier molecular flexibility index (Phi) is 10.9. The van der Waals surface area contributed by atoms with Crippen LogP contribution in [0.1, 0.15) is 12.0 Å². The summed E-state index contributed by atoms with van der Waals surface area (Å²) in [7, 11) is 3.25. The maximum atomic E-state index is 6.05. The minimum atomic E-state index is 0. The normalized spacial score (nSPS) is 15.2. The fourth-order valence-electron chi connectivity index (χ4n) is 3.60. The summed E-state index contributed by atoms with van der Waals surface area (Å²) in [6.45, 7) is 7.19. The van der Waals surface area contributed by atoms with E-state index in [2.05, 4.69) is 50.4 Å². The fourth-order valence-corrected chi connectivity index (χ4v) is 3.60. The molecule has 0 amide bonds. The van der Waals surface area contributed by atoms with Crippen LogP contribution >= 0.6 is 24.0 Å². The van der Waals surface area contributed by atoms with E-state index >= 15 is 0 Å². The number of ether oxygens (including phenoxy) is 2. The van der Waals surface area contributed by atoms with Gasteiger partial charge in [-0.1, -0.05) is 30.3 Å². The largest absolute Gasteiger partial charge is 0.497 e. The minimum absolute atomic E-state index is 0. The van der Waals surface area contributed by atoms with E-state index in [1.54, 1.807) is 14.2 Å². The molecule has 0 bridgehead atoms. The van der Waals surface area contributed by atoms with Gasteiger partial charge < -0.3 is 25.4 Å². The van der Waals surface area contributed by atoms with Gasteiger partial charge in [0.15, 0.2) is 5.96 Å². The zero-order valence-corrected chi connectivity index (χ0v) is 20.7. The van der Waals surface area contributed by atoms with Crippen LogP contribution in [0, 0.1) is 0 Å². The first-order valence-electron chi connectivity index (χ1n) is 10.5. The van der Waals surface area contributed by atoms with Crippen molar-refractivity contribution in [2.75, 3.05) is 58.8 Å². The van der Waals surface area contributed by atoms with Crippen LogP contribution < -0.4 is 20.5 Å². The maximum Gasteiger partial charge on any atom is 0.193 e. The van der Waals surface area contributed by atoms with Crippen molar-refractivity contribution in [1.29, 1.82) is 0 Å². The SMILES string of the molecule is COc1ccc(OC)c(NC(N)=NCCCN2CCN(Cc3ccccc3)CC2)c1.I. The van der Waals surface area contributed by atoms with Crippen LogP contribution in [0.15, 0.2) is 53.5 Å². The molecule has 1 aliphatic heterocycles. The van der Waals surface area contributed by atoms with Crippen molar-refractivity contribution in [2.24, 2.45) is 10.7 Å². The molecule has 0 spiro atoms. The summed E-state index contributed by atoms with van der Waals surface area (Å²) < 4.78 is 10.6. The second kappa shape index (κ2) is 13.4. The van der Waals surface area contributed by atoms with Gasteiger partial charge in [0.1, 0.15) is 11.5 Å². The van der Waals surface area contributed by atoms with Gasteiger partial charge in [-0.3, -0.25) is 9.89 Å². The second-order valence-corrected chi connectivity index (χ2v) is 7.42. The van der Waals surface area contributed by atoms with E-state index in [1.807, 2.05) is 18.2 Å². The summed E-state index contributed by atoms with van der Waals surface area (Å²) in [5.74, 6) is 1.81. The lowest BCUT2D eigenvalue weighted by Crippen LogP contribution is -2.46. The molecule has 3 N–H and O–H groups in total. The molecule has 3 rings (SSSR count). The molecule has 1 aliphatic rings. The number of hydrogen-bond donors (Lipinski definition) is 2. The Balaban J connectivity index is 0.00000341. The number of nitrogens with two attached hydrogens (primary N) is 1. The Labute approximate surface area is 202 Å². The Morgan fingerprint density at radius 3 is 2.39 bits per heavy atom. The van der Waals surface area contributed by atoms with Gasteiger partial charge in [0, 0.05) is 51.9 Å². The van der Waals surface area contributed by atoms with Gasteiger partial charge in [0.05, 0.1) is 19.9 Å². The van der Waals surface area contributed by atoms with Crippen molar-refractivity contribution in [1.82, 2.24) is 9.80 Å². The highest BCUT2D eigenvalue weighted by molar-refractivity contribution is 14.0. The van der Waals surface area contributed by atoms with E-state index in [9.17, 15) is 0 Å². The van der Waals surface area contributed by atoms with E-state index in [0.29, 0.717) is 18.3 Å². The molecule has 2 aromatic carbocycles. The summed E-state index contributed by atoms with van der Waals surface area (Å²) in [4.78, 5) is 9.48. The molecular formula is C23H34IN5O2. The first kappa shape index (κ1) is 25.2. The fraction of sp³-hybridized carbons (Fsp3) is 0.435. The number of hydrogen-bond acceptors (Lipinski definition) is 5. The third kappa shape index (κ3) is 8.19. The number of nitrogens with zero attached hydrogens (tertiary/aromatic N) is 3. The molecule has 0 radical (unpaired) electrons. The summed E-state index contributed by atoms with van der Waals surface area (Å²) in [6.07, 6.45) is 0.982. The standard InChI is InChI=1S/C23H33N5O2.HI/c1-29-20-9-10-22(30-2)21(17-20)26-23(24)25-11-6-12-27-13-15-28(16-14-27)18-19-7-4-3-5-8-19;/h3-5,7-10,17H,6,11-16,18H2,1-2H3,(H3,24,25,26);1H. The first-order chi connectivity index (χ1) is 14.7. The molecule has 1 fully saturated rings. The summed E-state index contributed by atoms with van der Waals surface area (Å²) >= 11 is 0. The maximum absolute atomic E-state index is 6.05. The molecule has 1 saturated heterocycles. The molecule has 0 atom stereocenters. The smallest absolute Gasteiger partial charge is 0.193 e. The van der Waals surface area contributed by atoms with E-state index in [1.165, 1.54) is 5.56 Å². The number of guanidine groups is 1. The Morgan fingerprint density at radius 2 is 1.71 bits per heavy atom. The molecule has 0 unspecified atom stereocenters. The third-order valence-corrected chi connectivity index (χ3v) is 5.30. The molecular weight excluding hydrogens is 505 g/mol. The molecule has 31 heavy (non-hydrogen) atoms. The van der Waals surface area contributed by atoms with Crippen LogP contribution in [0.5, 0.6) is 11.5 Å². The minimum Gasteiger partial charge on any atom is -0.497 e. The number of aliphatic imine (C=N–C) groups is 1. The van der Waals surface area contributed by atoms with Gasteiger partial charge in [-0.2, -0.15) is 0 Å². The first-order valence-corrected chi connectivity index (χ1v) is 10.5. The van der Waals surface area contributed by atoms with Crippen LogP contribution in [0.25, 0.3) is 0 Å². The van der Waals surface area contributed by atoms with E-state index in [-0.39, 0.29) is 24.0 Å². The average molecular weight is 539 g/mol. The molecule has 1 heterocycles. The summed E-state index contributed by atoms with van der Waals surface area (Å²) in [5, 5.41) is 3.11. The van der Waals surface area contributed by atoms with Crippen LogP contribution in [-0.2, 0) is 6.54 Å². The van der Waals surface area contributed by atoms with Gasteiger partial charge in [-0.15, -0.1) is 24.0 Å². The summed E-state index contributed by atoms with van der Waals surface area (Å²) in [6, 6.07) is 16.2. The Morgan fingerprint density at radius 1 is 1.00 bits per heavy atom.